The molecule has 1 N–H and O–H groups in total. The SMILES string of the molecule is Brc1cccc(C2CC(NCCN3CCCCCC3)C2)c1. The Kier molecular flexibility index (Phi) is 5.73. The van der Waals surface area contributed by atoms with Crippen molar-refractivity contribution in [2.45, 2.75) is 50.5 Å². The fourth-order valence-electron chi connectivity index (χ4n) is 3.60. The lowest BCUT2D eigenvalue weighted by molar-refractivity contribution is 0.248. The molecule has 1 heterocycles. The number of hydrogen-bond acceptors (Lipinski definition) is 2. The predicted molar refractivity (Wildman–Crippen MR) is 92.8 cm³/mol. The summed E-state index contributed by atoms with van der Waals surface area (Å²) in [5.41, 5.74) is 1.50. The molecule has 0 radical (unpaired) electrons. The van der Waals surface area contributed by atoms with Crippen LogP contribution in [-0.4, -0.2) is 37.1 Å². The lowest BCUT2D eigenvalue weighted by Gasteiger charge is -2.37. The Labute approximate surface area is 137 Å². The molecule has 116 valence electrons. The quantitative estimate of drug-likeness (QED) is 0.857. The molecule has 21 heavy (non-hydrogen) atoms. The van der Waals surface area contributed by atoms with E-state index in [-0.39, 0.29) is 0 Å². The van der Waals surface area contributed by atoms with Crippen LogP contribution >= 0.6 is 15.9 Å². The Bertz CT molecular complexity index is 435. The minimum absolute atomic E-state index is 0.737. The lowest BCUT2D eigenvalue weighted by Crippen LogP contribution is -2.43. The first-order valence-corrected chi connectivity index (χ1v) is 9.32. The highest BCUT2D eigenvalue weighted by Crippen LogP contribution is 2.37. The second-order valence-electron chi connectivity index (χ2n) is 6.63. The summed E-state index contributed by atoms with van der Waals surface area (Å²) in [6.45, 7) is 5.02. The highest BCUT2D eigenvalue weighted by atomic mass is 79.9. The molecule has 0 aromatic heterocycles. The van der Waals surface area contributed by atoms with Crippen molar-refractivity contribution in [2.24, 2.45) is 0 Å². The monoisotopic (exact) mass is 350 g/mol. The van der Waals surface area contributed by atoms with E-state index in [1.54, 1.807) is 0 Å². The third-order valence-electron chi connectivity index (χ3n) is 5.02. The number of halogens is 1. The van der Waals surface area contributed by atoms with Gasteiger partial charge in [-0.3, -0.25) is 0 Å². The van der Waals surface area contributed by atoms with Crippen LogP contribution < -0.4 is 5.32 Å². The second-order valence-corrected chi connectivity index (χ2v) is 7.55. The summed E-state index contributed by atoms with van der Waals surface area (Å²) in [7, 11) is 0. The van der Waals surface area contributed by atoms with Crippen molar-refractivity contribution in [1.82, 2.24) is 10.2 Å². The zero-order chi connectivity index (χ0) is 14.5. The van der Waals surface area contributed by atoms with Crippen molar-refractivity contribution in [3.8, 4) is 0 Å². The van der Waals surface area contributed by atoms with Crippen molar-refractivity contribution in [3.63, 3.8) is 0 Å². The Morgan fingerprint density at radius 1 is 1.10 bits per heavy atom. The fourth-order valence-corrected chi connectivity index (χ4v) is 4.02. The predicted octanol–water partition coefficient (Wildman–Crippen LogP) is 4.16. The second kappa shape index (κ2) is 7.75. The lowest BCUT2D eigenvalue weighted by atomic mass is 9.76. The van der Waals surface area contributed by atoms with Gasteiger partial charge in [0.1, 0.15) is 0 Å². The molecule has 2 nitrogen and oxygen atoms in total. The van der Waals surface area contributed by atoms with Crippen LogP contribution in [-0.2, 0) is 0 Å². The molecule has 1 aromatic carbocycles. The minimum atomic E-state index is 0.737. The highest BCUT2D eigenvalue weighted by molar-refractivity contribution is 9.10. The summed E-state index contributed by atoms with van der Waals surface area (Å²) in [6, 6.07) is 9.54. The van der Waals surface area contributed by atoms with E-state index < -0.39 is 0 Å². The summed E-state index contributed by atoms with van der Waals surface area (Å²) in [5.74, 6) is 0.762. The zero-order valence-corrected chi connectivity index (χ0v) is 14.4. The van der Waals surface area contributed by atoms with Gasteiger partial charge in [0.15, 0.2) is 0 Å². The van der Waals surface area contributed by atoms with Crippen LogP contribution in [0.4, 0.5) is 0 Å². The highest BCUT2D eigenvalue weighted by Gasteiger charge is 2.29. The normalized spacial score (nSPS) is 27.1. The van der Waals surface area contributed by atoms with Crippen molar-refractivity contribution >= 4 is 15.9 Å². The third kappa shape index (κ3) is 4.54. The largest absolute Gasteiger partial charge is 0.313 e. The number of hydrogen-bond donors (Lipinski definition) is 1. The van der Waals surface area contributed by atoms with E-state index >= 15 is 0 Å². The van der Waals surface area contributed by atoms with E-state index in [9.17, 15) is 0 Å². The van der Waals surface area contributed by atoms with Crippen LogP contribution in [0.1, 0.15) is 50.0 Å². The van der Waals surface area contributed by atoms with Crippen LogP contribution in [0.15, 0.2) is 28.7 Å². The summed E-state index contributed by atoms with van der Waals surface area (Å²) in [6.07, 6.45) is 8.26. The molecular formula is C18H27BrN2. The smallest absolute Gasteiger partial charge is 0.0178 e. The first kappa shape index (κ1) is 15.5. The maximum atomic E-state index is 3.75. The van der Waals surface area contributed by atoms with Gasteiger partial charge in [0, 0.05) is 23.6 Å². The van der Waals surface area contributed by atoms with Crippen LogP contribution in [0.25, 0.3) is 0 Å². The molecule has 0 amide bonds. The zero-order valence-electron chi connectivity index (χ0n) is 12.9. The van der Waals surface area contributed by atoms with Gasteiger partial charge >= 0.3 is 0 Å². The van der Waals surface area contributed by atoms with Gasteiger partial charge in [-0.25, -0.2) is 0 Å². The Hall–Kier alpha value is -0.380. The van der Waals surface area contributed by atoms with Gasteiger partial charge < -0.3 is 10.2 Å². The number of nitrogens with zero attached hydrogens (tertiary/aromatic N) is 1. The maximum absolute atomic E-state index is 3.75. The number of likely N-dealkylation sites (tertiary alicyclic amines) is 1. The number of rotatable bonds is 5. The molecule has 3 heteroatoms. The van der Waals surface area contributed by atoms with Gasteiger partial charge in [0.2, 0.25) is 0 Å². The molecule has 1 saturated heterocycles. The van der Waals surface area contributed by atoms with Crippen LogP contribution in [0.2, 0.25) is 0 Å². The Morgan fingerprint density at radius 2 is 1.86 bits per heavy atom. The molecular weight excluding hydrogens is 324 g/mol. The van der Waals surface area contributed by atoms with Crippen molar-refractivity contribution in [2.75, 3.05) is 26.2 Å². The molecule has 0 bridgehead atoms. The van der Waals surface area contributed by atoms with Gasteiger partial charge in [0.25, 0.3) is 0 Å². The van der Waals surface area contributed by atoms with E-state index in [0.717, 1.165) is 18.5 Å². The molecule has 0 spiro atoms. The molecule has 2 fully saturated rings. The van der Waals surface area contributed by atoms with Crippen LogP contribution in [0.5, 0.6) is 0 Å². The van der Waals surface area contributed by atoms with Crippen molar-refractivity contribution < 1.29 is 0 Å². The fraction of sp³-hybridized carbons (Fsp3) is 0.667. The molecule has 0 atom stereocenters. The number of benzene rings is 1. The summed E-state index contributed by atoms with van der Waals surface area (Å²) < 4.78 is 1.21. The molecule has 1 aliphatic heterocycles. The minimum Gasteiger partial charge on any atom is -0.313 e. The molecule has 1 saturated carbocycles. The van der Waals surface area contributed by atoms with Gasteiger partial charge in [-0.05, 0) is 62.4 Å². The number of nitrogens with one attached hydrogen (secondary N) is 1. The molecule has 3 rings (SSSR count). The van der Waals surface area contributed by atoms with Crippen LogP contribution in [0, 0.1) is 0 Å². The average Bonchev–Trinajstić information content (AvgIpc) is 2.70. The van der Waals surface area contributed by atoms with Crippen molar-refractivity contribution in [1.29, 1.82) is 0 Å². The van der Waals surface area contributed by atoms with Gasteiger partial charge in [-0.1, -0.05) is 40.9 Å². The third-order valence-corrected chi connectivity index (χ3v) is 5.51. The Morgan fingerprint density at radius 3 is 2.57 bits per heavy atom. The maximum Gasteiger partial charge on any atom is 0.0178 e. The first-order valence-electron chi connectivity index (χ1n) is 8.52. The van der Waals surface area contributed by atoms with E-state index in [4.69, 9.17) is 0 Å². The first-order chi connectivity index (χ1) is 10.3. The molecule has 2 aliphatic rings. The molecule has 1 aliphatic carbocycles. The summed E-state index contributed by atoms with van der Waals surface area (Å²) in [5, 5.41) is 3.75. The van der Waals surface area contributed by atoms with Gasteiger partial charge in [-0.2, -0.15) is 0 Å². The van der Waals surface area contributed by atoms with Crippen molar-refractivity contribution in [3.05, 3.63) is 34.3 Å². The molecule has 1 aromatic rings. The topological polar surface area (TPSA) is 15.3 Å². The van der Waals surface area contributed by atoms with Gasteiger partial charge in [-0.15, -0.1) is 0 Å². The van der Waals surface area contributed by atoms with E-state index in [1.165, 1.54) is 68.2 Å². The Balaban J connectivity index is 1.33. The standard InChI is InChI=1S/C18H27BrN2/c19-17-7-5-6-15(12-17)16-13-18(14-16)20-8-11-21-9-3-1-2-4-10-21/h5-7,12,16,18,20H,1-4,8-11,13-14H2. The van der Waals surface area contributed by atoms with E-state index in [2.05, 4.69) is 50.4 Å². The molecule has 0 unspecified atom stereocenters. The summed E-state index contributed by atoms with van der Waals surface area (Å²) >= 11 is 3.57. The average molecular weight is 351 g/mol. The van der Waals surface area contributed by atoms with Crippen LogP contribution in [0.3, 0.4) is 0 Å². The summed E-state index contributed by atoms with van der Waals surface area (Å²) in [4.78, 5) is 2.64. The van der Waals surface area contributed by atoms with Gasteiger partial charge in [0.05, 0.1) is 0 Å². The van der Waals surface area contributed by atoms with E-state index in [0.29, 0.717) is 0 Å². The van der Waals surface area contributed by atoms with E-state index in [1.807, 2.05) is 0 Å².